The van der Waals surface area contributed by atoms with E-state index >= 15 is 0 Å². The number of amides is 1. The first-order chi connectivity index (χ1) is 10.1. The largest absolute Gasteiger partial charge is 0.393 e. The summed E-state index contributed by atoms with van der Waals surface area (Å²) in [5, 5.41) is 13.2. The van der Waals surface area contributed by atoms with Gasteiger partial charge in [0.05, 0.1) is 6.10 Å². The van der Waals surface area contributed by atoms with Crippen molar-refractivity contribution in [2.45, 2.75) is 44.8 Å². The van der Waals surface area contributed by atoms with Gasteiger partial charge in [0.15, 0.2) is 0 Å². The molecule has 1 amide bonds. The Hall–Kier alpha value is -1.39. The summed E-state index contributed by atoms with van der Waals surface area (Å²) in [6.07, 6.45) is 3.40. The van der Waals surface area contributed by atoms with E-state index < -0.39 is 0 Å². The average Bonchev–Trinajstić information content (AvgIpc) is 2.90. The van der Waals surface area contributed by atoms with Crippen molar-refractivity contribution in [1.29, 1.82) is 0 Å². The van der Waals surface area contributed by atoms with E-state index in [0.717, 1.165) is 31.5 Å². The lowest BCUT2D eigenvalue weighted by molar-refractivity contribution is -0.118. The highest BCUT2D eigenvalue weighted by molar-refractivity contribution is 5.93. The molecule has 0 bridgehead atoms. The van der Waals surface area contributed by atoms with Crippen molar-refractivity contribution >= 4 is 11.6 Å². The van der Waals surface area contributed by atoms with Crippen LogP contribution in [0.4, 0.5) is 5.69 Å². The predicted octanol–water partition coefficient (Wildman–Crippen LogP) is 2.18. The highest BCUT2D eigenvalue weighted by atomic mass is 16.3. The lowest BCUT2D eigenvalue weighted by Crippen LogP contribution is -2.38. The van der Waals surface area contributed by atoms with Crippen LogP contribution >= 0.6 is 0 Å². The Morgan fingerprint density at radius 3 is 2.71 bits per heavy atom. The third kappa shape index (κ3) is 4.55. The molecule has 0 aliphatic heterocycles. The van der Waals surface area contributed by atoms with Gasteiger partial charge in [0.1, 0.15) is 0 Å². The molecule has 116 valence electrons. The van der Waals surface area contributed by atoms with Crippen molar-refractivity contribution in [2.24, 2.45) is 5.92 Å². The molecule has 3 unspecified atom stereocenters. The maximum absolute atomic E-state index is 12.3. The van der Waals surface area contributed by atoms with Gasteiger partial charge >= 0.3 is 0 Å². The van der Waals surface area contributed by atoms with Gasteiger partial charge in [0.2, 0.25) is 5.91 Å². The zero-order chi connectivity index (χ0) is 15.2. The standard InChI is InChI=1S/C17H26N2O2/c1-13(18-12-14-7-6-10-16(14)20)11-17(21)19(2)15-8-4-3-5-9-15/h3-5,8-9,13-14,16,18,20H,6-7,10-12H2,1-2H3. The number of anilines is 1. The SMILES string of the molecule is CC(CC(=O)N(C)c1ccccc1)NCC1CCCC1O. The van der Waals surface area contributed by atoms with Gasteiger partial charge in [-0.3, -0.25) is 4.79 Å². The van der Waals surface area contributed by atoms with Crippen LogP contribution in [-0.2, 0) is 4.79 Å². The second-order valence-corrected chi connectivity index (χ2v) is 6.06. The summed E-state index contributed by atoms with van der Waals surface area (Å²) in [6.45, 7) is 2.82. The van der Waals surface area contributed by atoms with Crippen LogP contribution in [0.1, 0.15) is 32.6 Å². The van der Waals surface area contributed by atoms with E-state index in [1.165, 1.54) is 0 Å². The monoisotopic (exact) mass is 290 g/mol. The van der Waals surface area contributed by atoms with E-state index in [-0.39, 0.29) is 18.1 Å². The van der Waals surface area contributed by atoms with E-state index in [4.69, 9.17) is 0 Å². The van der Waals surface area contributed by atoms with E-state index in [0.29, 0.717) is 12.3 Å². The normalized spacial score (nSPS) is 23.0. The van der Waals surface area contributed by atoms with Gasteiger partial charge in [-0.15, -0.1) is 0 Å². The molecule has 1 aliphatic carbocycles. The quantitative estimate of drug-likeness (QED) is 0.844. The number of aliphatic hydroxyl groups is 1. The zero-order valence-corrected chi connectivity index (χ0v) is 13.0. The summed E-state index contributed by atoms with van der Waals surface area (Å²) >= 11 is 0. The topological polar surface area (TPSA) is 52.6 Å². The zero-order valence-electron chi connectivity index (χ0n) is 13.0. The summed E-state index contributed by atoms with van der Waals surface area (Å²) in [6, 6.07) is 9.80. The van der Waals surface area contributed by atoms with Crippen LogP contribution in [0.25, 0.3) is 0 Å². The molecule has 4 heteroatoms. The van der Waals surface area contributed by atoms with Crippen molar-refractivity contribution in [1.82, 2.24) is 5.32 Å². The fourth-order valence-corrected chi connectivity index (χ4v) is 2.87. The summed E-state index contributed by atoms with van der Waals surface area (Å²) in [7, 11) is 1.81. The minimum absolute atomic E-state index is 0.105. The van der Waals surface area contributed by atoms with Gasteiger partial charge in [-0.1, -0.05) is 24.6 Å². The molecular formula is C17H26N2O2. The summed E-state index contributed by atoms with van der Waals surface area (Å²) in [5.74, 6) is 0.447. The minimum Gasteiger partial charge on any atom is -0.393 e. The Morgan fingerprint density at radius 1 is 1.38 bits per heavy atom. The second-order valence-electron chi connectivity index (χ2n) is 6.06. The van der Waals surface area contributed by atoms with Crippen molar-refractivity contribution in [3.63, 3.8) is 0 Å². The molecule has 0 heterocycles. The van der Waals surface area contributed by atoms with Gasteiger partial charge in [-0.2, -0.15) is 0 Å². The molecule has 21 heavy (non-hydrogen) atoms. The number of para-hydroxylation sites is 1. The average molecular weight is 290 g/mol. The van der Waals surface area contributed by atoms with Gasteiger partial charge < -0.3 is 15.3 Å². The van der Waals surface area contributed by atoms with Crippen molar-refractivity contribution < 1.29 is 9.90 Å². The maximum Gasteiger partial charge on any atom is 0.228 e. The molecule has 1 fully saturated rings. The van der Waals surface area contributed by atoms with Crippen molar-refractivity contribution in [3.05, 3.63) is 30.3 Å². The Bertz CT molecular complexity index is 449. The Labute approximate surface area is 127 Å². The van der Waals surface area contributed by atoms with Crippen LogP contribution in [0.3, 0.4) is 0 Å². The van der Waals surface area contributed by atoms with E-state index in [9.17, 15) is 9.90 Å². The van der Waals surface area contributed by atoms with Gasteiger partial charge in [0.25, 0.3) is 0 Å². The van der Waals surface area contributed by atoms with E-state index in [1.807, 2.05) is 44.3 Å². The van der Waals surface area contributed by atoms with Crippen LogP contribution in [0.5, 0.6) is 0 Å². The molecule has 2 N–H and O–H groups in total. The van der Waals surface area contributed by atoms with Gasteiger partial charge in [-0.25, -0.2) is 0 Å². The van der Waals surface area contributed by atoms with Crippen LogP contribution in [0.2, 0.25) is 0 Å². The van der Waals surface area contributed by atoms with Crippen molar-refractivity contribution in [3.8, 4) is 0 Å². The van der Waals surface area contributed by atoms with Gasteiger partial charge in [-0.05, 0) is 37.8 Å². The molecule has 0 saturated heterocycles. The molecule has 1 saturated carbocycles. The Kier molecular flexibility index (Phi) is 5.76. The number of carbonyl (C=O) groups is 1. The summed E-state index contributed by atoms with van der Waals surface area (Å²) < 4.78 is 0. The number of nitrogens with one attached hydrogen (secondary N) is 1. The third-order valence-corrected chi connectivity index (χ3v) is 4.35. The third-order valence-electron chi connectivity index (χ3n) is 4.35. The number of rotatable bonds is 6. The fraction of sp³-hybridized carbons (Fsp3) is 0.588. The number of nitrogens with zero attached hydrogens (tertiary/aromatic N) is 1. The first-order valence-electron chi connectivity index (χ1n) is 7.81. The molecule has 0 radical (unpaired) electrons. The maximum atomic E-state index is 12.3. The number of aliphatic hydroxyl groups excluding tert-OH is 1. The molecule has 3 atom stereocenters. The Morgan fingerprint density at radius 2 is 2.10 bits per heavy atom. The predicted molar refractivity (Wildman–Crippen MR) is 85.3 cm³/mol. The van der Waals surface area contributed by atoms with Crippen molar-refractivity contribution in [2.75, 3.05) is 18.5 Å². The summed E-state index contributed by atoms with van der Waals surface area (Å²) in [5.41, 5.74) is 0.918. The van der Waals surface area contributed by atoms with E-state index in [2.05, 4.69) is 5.32 Å². The number of carbonyl (C=O) groups excluding carboxylic acids is 1. The highest BCUT2D eigenvalue weighted by Gasteiger charge is 2.25. The molecular weight excluding hydrogens is 264 g/mol. The van der Waals surface area contributed by atoms with Crippen LogP contribution < -0.4 is 10.2 Å². The molecule has 1 aromatic carbocycles. The van der Waals surface area contributed by atoms with Crippen LogP contribution in [0, 0.1) is 5.92 Å². The number of hydrogen-bond donors (Lipinski definition) is 2. The molecule has 1 aromatic rings. The highest BCUT2D eigenvalue weighted by Crippen LogP contribution is 2.24. The lowest BCUT2D eigenvalue weighted by atomic mass is 10.1. The number of hydrogen-bond acceptors (Lipinski definition) is 3. The molecule has 2 rings (SSSR count). The number of benzene rings is 1. The van der Waals surface area contributed by atoms with Crippen LogP contribution in [0.15, 0.2) is 30.3 Å². The molecule has 4 nitrogen and oxygen atoms in total. The van der Waals surface area contributed by atoms with Crippen LogP contribution in [-0.4, -0.2) is 36.8 Å². The molecule has 1 aliphatic rings. The van der Waals surface area contributed by atoms with E-state index in [1.54, 1.807) is 4.90 Å². The Balaban J connectivity index is 1.76. The van der Waals surface area contributed by atoms with Gasteiger partial charge in [0, 0.05) is 31.7 Å². The second kappa shape index (κ2) is 7.57. The smallest absolute Gasteiger partial charge is 0.228 e. The first kappa shape index (κ1) is 16.0. The summed E-state index contributed by atoms with van der Waals surface area (Å²) in [4.78, 5) is 13.9. The lowest BCUT2D eigenvalue weighted by Gasteiger charge is -2.22. The molecule has 0 spiro atoms. The minimum atomic E-state index is -0.174. The molecule has 0 aromatic heterocycles. The first-order valence-corrected chi connectivity index (χ1v) is 7.81. The fourth-order valence-electron chi connectivity index (χ4n) is 2.87.